The minimum absolute atomic E-state index is 0.0468. The van der Waals surface area contributed by atoms with Crippen LogP contribution in [0.3, 0.4) is 0 Å². The molecule has 2 heterocycles. The van der Waals surface area contributed by atoms with Crippen molar-refractivity contribution >= 4 is 17.7 Å². The molecule has 0 bridgehead atoms. The summed E-state index contributed by atoms with van der Waals surface area (Å²) in [5.41, 5.74) is 1.58. The molecule has 134 valence electrons. The van der Waals surface area contributed by atoms with Crippen LogP contribution in [-0.2, 0) is 16.1 Å². The lowest BCUT2D eigenvalue weighted by Gasteiger charge is -2.32. The van der Waals surface area contributed by atoms with E-state index in [-0.39, 0.29) is 5.91 Å². The molecule has 7 heteroatoms. The topological polar surface area (TPSA) is 64.2 Å². The highest BCUT2D eigenvalue weighted by Gasteiger charge is 2.30. The molecular weight excluding hydrogens is 320 g/mol. The highest BCUT2D eigenvalue weighted by molar-refractivity contribution is 6.35. The quantitative estimate of drug-likeness (QED) is 0.717. The van der Waals surface area contributed by atoms with Crippen LogP contribution >= 0.6 is 0 Å². The first kappa shape index (κ1) is 17.4. The number of rotatable bonds is 3. The van der Waals surface area contributed by atoms with Crippen molar-refractivity contribution in [3.05, 3.63) is 35.4 Å². The van der Waals surface area contributed by atoms with Crippen molar-refractivity contribution in [2.75, 3.05) is 53.4 Å². The first-order valence-corrected chi connectivity index (χ1v) is 8.57. The molecule has 0 radical (unpaired) electrons. The highest BCUT2D eigenvalue weighted by atomic mass is 16.2. The number of piperazine rings is 2. The van der Waals surface area contributed by atoms with Gasteiger partial charge in [0.25, 0.3) is 5.91 Å². The molecule has 0 aliphatic carbocycles. The molecule has 0 unspecified atom stereocenters. The van der Waals surface area contributed by atoms with E-state index in [2.05, 4.69) is 11.9 Å². The van der Waals surface area contributed by atoms with E-state index in [1.54, 1.807) is 24.1 Å². The van der Waals surface area contributed by atoms with Gasteiger partial charge in [-0.25, -0.2) is 0 Å². The molecule has 2 aliphatic heterocycles. The molecule has 3 rings (SSSR count). The predicted molar refractivity (Wildman–Crippen MR) is 92.9 cm³/mol. The maximum absolute atomic E-state index is 12.5. The predicted octanol–water partition coefficient (Wildman–Crippen LogP) is -0.125. The average Bonchev–Trinajstić information content (AvgIpc) is 2.63. The summed E-state index contributed by atoms with van der Waals surface area (Å²) in [5.74, 6) is -0.884. The number of carbonyl (C=O) groups excluding carboxylic acids is 3. The van der Waals surface area contributed by atoms with Crippen LogP contribution in [0, 0.1) is 0 Å². The van der Waals surface area contributed by atoms with Crippen LogP contribution in [0.4, 0.5) is 0 Å². The van der Waals surface area contributed by atoms with Gasteiger partial charge in [-0.1, -0.05) is 12.1 Å². The summed E-state index contributed by atoms with van der Waals surface area (Å²) in [6.07, 6.45) is 0. The van der Waals surface area contributed by atoms with Crippen LogP contribution in [0.2, 0.25) is 0 Å². The van der Waals surface area contributed by atoms with Crippen LogP contribution in [-0.4, -0.2) is 90.7 Å². The first-order chi connectivity index (χ1) is 12.0. The Morgan fingerprint density at radius 1 is 0.880 bits per heavy atom. The second-order valence-corrected chi connectivity index (χ2v) is 6.75. The summed E-state index contributed by atoms with van der Waals surface area (Å²) in [6.45, 7) is 4.74. The molecule has 2 aliphatic rings. The lowest BCUT2D eigenvalue weighted by molar-refractivity contribution is -0.155. The fourth-order valence-electron chi connectivity index (χ4n) is 3.09. The van der Waals surface area contributed by atoms with Gasteiger partial charge in [0.05, 0.1) is 0 Å². The molecule has 7 nitrogen and oxygen atoms in total. The molecule has 0 N–H and O–H groups in total. The number of nitrogens with zero attached hydrogens (tertiary/aromatic N) is 4. The smallest absolute Gasteiger partial charge is 0.312 e. The van der Waals surface area contributed by atoms with Crippen molar-refractivity contribution in [1.82, 2.24) is 19.6 Å². The van der Waals surface area contributed by atoms with Crippen LogP contribution in [0.5, 0.6) is 0 Å². The van der Waals surface area contributed by atoms with Crippen molar-refractivity contribution in [2.45, 2.75) is 6.54 Å². The van der Waals surface area contributed by atoms with Gasteiger partial charge in [-0.05, 0) is 24.7 Å². The number of amides is 3. The molecular formula is C18H24N4O3. The third-order valence-electron chi connectivity index (χ3n) is 4.89. The van der Waals surface area contributed by atoms with Crippen molar-refractivity contribution < 1.29 is 14.4 Å². The van der Waals surface area contributed by atoms with E-state index in [0.717, 1.165) is 31.7 Å². The van der Waals surface area contributed by atoms with Crippen LogP contribution in [0.15, 0.2) is 24.3 Å². The molecule has 0 spiro atoms. The molecule has 0 aromatic heterocycles. The molecule has 2 saturated heterocycles. The van der Waals surface area contributed by atoms with Crippen molar-refractivity contribution in [3.63, 3.8) is 0 Å². The van der Waals surface area contributed by atoms with Crippen molar-refractivity contribution in [1.29, 1.82) is 0 Å². The molecule has 2 fully saturated rings. The highest BCUT2D eigenvalue weighted by Crippen LogP contribution is 2.13. The lowest BCUT2D eigenvalue weighted by Crippen LogP contribution is -2.52. The van der Waals surface area contributed by atoms with E-state index >= 15 is 0 Å². The third kappa shape index (κ3) is 3.82. The van der Waals surface area contributed by atoms with Crippen LogP contribution < -0.4 is 0 Å². The number of likely N-dealkylation sites (N-methyl/N-ethyl adjacent to an activating group) is 2. The second kappa shape index (κ2) is 7.23. The Morgan fingerprint density at radius 3 is 2.16 bits per heavy atom. The van der Waals surface area contributed by atoms with Gasteiger partial charge in [-0.15, -0.1) is 0 Å². The third-order valence-corrected chi connectivity index (χ3v) is 4.89. The van der Waals surface area contributed by atoms with E-state index in [1.807, 2.05) is 17.0 Å². The number of benzene rings is 1. The van der Waals surface area contributed by atoms with Gasteiger partial charge < -0.3 is 19.6 Å². The van der Waals surface area contributed by atoms with Crippen LogP contribution in [0.1, 0.15) is 15.9 Å². The molecule has 1 aromatic carbocycles. The van der Waals surface area contributed by atoms with E-state index in [1.165, 1.54) is 4.90 Å². The first-order valence-electron chi connectivity index (χ1n) is 8.57. The Labute approximate surface area is 147 Å². The SMILES string of the molecule is CN1CCN(C(=O)c2ccc(CN3CCN(C)C(=O)C3=O)cc2)CC1. The zero-order valence-corrected chi connectivity index (χ0v) is 14.8. The Kier molecular flexibility index (Phi) is 5.03. The molecule has 3 amide bonds. The maximum atomic E-state index is 12.5. The normalized spacial score (nSPS) is 19.5. The van der Waals surface area contributed by atoms with Crippen molar-refractivity contribution in [3.8, 4) is 0 Å². The van der Waals surface area contributed by atoms with Gasteiger partial charge in [0.1, 0.15) is 0 Å². The zero-order chi connectivity index (χ0) is 18.0. The molecule has 25 heavy (non-hydrogen) atoms. The molecule has 1 aromatic rings. The van der Waals surface area contributed by atoms with Crippen LogP contribution in [0.25, 0.3) is 0 Å². The Hall–Kier alpha value is -2.41. The fourth-order valence-corrected chi connectivity index (χ4v) is 3.09. The number of hydrogen-bond acceptors (Lipinski definition) is 4. The van der Waals surface area contributed by atoms with Gasteiger partial charge in [-0.3, -0.25) is 14.4 Å². The second-order valence-electron chi connectivity index (χ2n) is 6.75. The van der Waals surface area contributed by atoms with E-state index in [9.17, 15) is 14.4 Å². The molecule has 0 atom stereocenters. The Balaban J connectivity index is 1.61. The summed E-state index contributed by atoms with van der Waals surface area (Å²) in [7, 11) is 3.69. The van der Waals surface area contributed by atoms with Gasteiger partial charge in [-0.2, -0.15) is 0 Å². The van der Waals surface area contributed by atoms with Gasteiger partial charge >= 0.3 is 11.8 Å². The fraction of sp³-hybridized carbons (Fsp3) is 0.500. The summed E-state index contributed by atoms with van der Waals surface area (Å²) >= 11 is 0. The monoisotopic (exact) mass is 344 g/mol. The minimum Gasteiger partial charge on any atom is -0.336 e. The number of hydrogen-bond donors (Lipinski definition) is 0. The van der Waals surface area contributed by atoms with E-state index in [4.69, 9.17) is 0 Å². The van der Waals surface area contributed by atoms with Gasteiger partial charge in [0.15, 0.2) is 0 Å². The maximum Gasteiger partial charge on any atom is 0.312 e. The van der Waals surface area contributed by atoms with Gasteiger partial charge in [0, 0.05) is 58.4 Å². The summed E-state index contributed by atoms with van der Waals surface area (Å²) in [5, 5.41) is 0. The Morgan fingerprint density at radius 2 is 1.52 bits per heavy atom. The Bertz CT molecular complexity index is 665. The van der Waals surface area contributed by atoms with E-state index in [0.29, 0.717) is 25.2 Å². The van der Waals surface area contributed by atoms with Gasteiger partial charge in [0.2, 0.25) is 0 Å². The minimum atomic E-state index is -0.466. The lowest BCUT2D eigenvalue weighted by atomic mass is 10.1. The molecule has 0 saturated carbocycles. The average molecular weight is 344 g/mol. The summed E-state index contributed by atoms with van der Waals surface area (Å²) in [6, 6.07) is 7.33. The zero-order valence-electron chi connectivity index (χ0n) is 14.8. The summed E-state index contributed by atoms with van der Waals surface area (Å²) in [4.78, 5) is 43.4. The van der Waals surface area contributed by atoms with E-state index < -0.39 is 11.8 Å². The standard InChI is InChI=1S/C18H24N4O3/c1-19-7-10-21(11-8-19)16(23)15-5-3-14(4-6-15)13-22-12-9-20(2)17(24)18(22)25/h3-6H,7-13H2,1-2H3. The number of carbonyl (C=O) groups is 3. The summed E-state index contributed by atoms with van der Waals surface area (Å²) < 4.78 is 0. The van der Waals surface area contributed by atoms with Crippen molar-refractivity contribution in [2.24, 2.45) is 0 Å². The largest absolute Gasteiger partial charge is 0.336 e.